The Balaban J connectivity index is 1.75. The zero-order valence-electron chi connectivity index (χ0n) is 20.8. The fourth-order valence-electron chi connectivity index (χ4n) is 3.88. The monoisotopic (exact) mass is 544 g/mol. The second kappa shape index (κ2) is 12.3. The van der Waals surface area contributed by atoms with Gasteiger partial charge in [0.1, 0.15) is 18.3 Å². The average Bonchev–Trinajstić information content (AvgIpc) is 2.88. The molecule has 0 bridgehead atoms. The van der Waals surface area contributed by atoms with Gasteiger partial charge in [-0.3, -0.25) is 0 Å². The van der Waals surface area contributed by atoms with E-state index in [0.29, 0.717) is 11.1 Å². The van der Waals surface area contributed by atoms with Crippen molar-refractivity contribution in [2.75, 3.05) is 6.61 Å². The van der Waals surface area contributed by atoms with Gasteiger partial charge in [-0.15, -0.1) is 0 Å². The molecule has 0 spiro atoms. The normalized spacial score (nSPS) is 23.0. The third-order valence-electron chi connectivity index (χ3n) is 5.85. The number of aromatic hydroxyl groups is 4. The van der Waals surface area contributed by atoms with E-state index >= 15 is 0 Å². The van der Waals surface area contributed by atoms with Crippen LogP contribution in [0.5, 0.6) is 23.0 Å². The van der Waals surface area contributed by atoms with Crippen LogP contribution in [0.2, 0.25) is 0 Å². The van der Waals surface area contributed by atoms with Crippen molar-refractivity contribution in [1.29, 1.82) is 0 Å². The summed E-state index contributed by atoms with van der Waals surface area (Å²) in [6.07, 6.45) is -1.20. The highest BCUT2D eigenvalue weighted by Crippen LogP contribution is 2.34. The molecule has 2 unspecified atom stereocenters. The van der Waals surface area contributed by atoms with Crippen LogP contribution >= 0.6 is 0 Å². The highest BCUT2D eigenvalue weighted by molar-refractivity contribution is 5.88. The van der Waals surface area contributed by atoms with Gasteiger partial charge in [0.2, 0.25) is 0 Å². The lowest BCUT2D eigenvalue weighted by Crippen LogP contribution is -2.58. The van der Waals surface area contributed by atoms with Crippen LogP contribution in [0.3, 0.4) is 0 Å². The molecular weight excluding hydrogens is 516 g/mol. The van der Waals surface area contributed by atoms with Crippen molar-refractivity contribution in [2.45, 2.75) is 43.7 Å². The van der Waals surface area contributed by atoms with Crippen molar-refractivity contribution < 1.29 is 59.2 Å². The van der Waals surface area contributed by atoms with Gasteiger partial charge < -0.3 is 44.8 Å². The van der Waals surface area contributed by atoms with Crippen LogP contribution in [-0.4, -0.2) is 79.1 Å². The third kappa shape index (κ3) is 7.49. The first-order valence-electron chi connectivity index (χ1n) is 11.8. The molecule has 1 aliphatic rings. The maximum absolute atomic E-state index is 12.5. The summed E-state index contributed by atoms with van der Waals surface area (Å²) in [6.45, 7) is 1.45. The standard InChI is InChI=1S/C27H28O12/c1-2-37-26(35)27(36)13-21(38-23(32)9-5-15-3-7-17(28)19(30)11-15)25(34)22(14-27)39-24(33)10-6-16-4-8-18(29)20(31)12-16/h3-12,21-22,25,28-31,34,36H,2,13-14H2,1H3/b9-5+,10-6+. The summed E-state index contributed by atoms with van der Waals surface area (Å²) < 4.78 is 15.4. The van der Waals surface area contributed by atoms with Crippen molar-refractivity contribution in [2.24, 2.45) is 0 Å². The first-order valence-corrected chi connectivity index (χ1v) is 11.8. The van der Waals surface area contributed by atoms with Gasteiger partial charge in [0.05, 0.1) is 6.61 Å². The largest absolute Gasteiger partial charge is 0.504 e. The molecule has 0 radical (unpaired) electrons. The van der Waals surface area contributed by atoms with E-state index in [-0.39, 0.29) is 18.1 Å². The molecule has 2 aromatic carbocycles. The third-order valence-corrected chi connectivity index (χ3v) is 5.85. The maximum atomic E-state index is 12.5. The zero-order chi connectivity index (χ0) is 28.7. The van der Waals surface area contributed by atoms with Gasteiger partial charge in [0, 0.05) is 25.0 Å². The number of ether oxygens (including phenoxy) is 3. The number of carbonyl (C=O) groups excluding carboxylic acids is 3. The Bertz CT molecular complexity index is 1200. The predicted molar refractivity (Wildman–Crippen MR) is 134 cm³/mol. The summed E-state index contributed by atoms with van der Waals surface area (Å²) in [6, 6.07) is 7.63. The number of hydrogen-bond donors (Lipinski definition) is 6. The summed E-state index contributed by atoms with van der Waals surface area (Å²) in [5, 5.41) is 59.7. The van der Waals surface area contributed by atoms with Crippen LogP contribution in [0.15, 0.2) is 48.6 Å². The van der Waals surface area contributed by atoms with Crippen LogP contribution in [0.4, 0.5) is 0 Å². The minimum absolute atomic E-state index is 0.0664. The zero-order valence-corrected chi connectivity index (χ0v) is 20.8. The van der Waals surface area contributed by atoms with Crippen molar-refractivity contribution in [3.05, 3.63) is 59.7 Å². The molecule has 1 aliphatic carbocycles. The summed E-state index contributed by atoms with van der Waals surface area (Å²) in [5.41, 5.74) is -1.56. The highest BCUT2D eigenvalue weighted by Gasteiger charge is 2.53. The minimum Gasteiger partial charge on any atom is -0.504 e. The molecule has 6 N–H and O–H groups in total. The second-order valence-corrected chi connectivity index (χ2v) is 8.76. The van der Waals surface area contributed by atoms with E-state index in [0.717, 1.165) is 12.2 Å². The molecule has 1 fully saturated rings. The molecule has 39 heavy (non-hydrogen) atoms. The Hall–Kier alpha value is -4.55. The second-order valence-electron chi connectivity index (χ2n) is 8.76. The maximum Gasteiger partial charge on any atom is 0.338 e. The lowest BCUT2D eigenvalue weighted by Gasteiger charge is -2.41. The lowest BCUT2D eigenvalue weighted by atomic mass is 9.79. The lowest BCUT2D eigenvalue weighted by molar-refractivity contribution is -0.206. The Morgan fingerprint density at radius 3 is 1.64 bits per heavy atom. The number of carbonyl (C=O) groups is 3. The molecule has 0 aliphatic heterocycles. The number of rotatable bonds is 8. The fraction of sp³-hybridized carbons (Fsp3) is 0.296. The molecule has 2 atom stereocenters. The average molecular weight is 545 g/mol. The van der Waals surface area contributed by atoms with Crippen LogP contribution in [0.1, 0.15) is 30.9 Å². The Labute approximate surface area is 222 Å². The summed E-state index contributed by atoms with van der Waals surface area (Å²) in [5.74, 6) is -4.52. The van der Waals surface area contributed by atoms with Crippen molar-refractivity contribution >= 4 is 30.1 Å². The number of aliphatic hydroxyl groups is 2. The van der Waals surface area contributed by atoms with E-state index in [1.165, 1.54) is 55.5 Å². The van der Waals surface area contributed by atoms with Crippen molar-refractivity contribution in [3.8, 4) is 23.0 Å². The number of benzene rings is 2. The predicted octanol–water partition coefficient (Wildman–Crippen LogP) is 1.51. The number of esters is 3. The van der Waals surface area contributed by atoms with E-state index in [1.54, 1.807) is 0 Å². The molecule has 1 saturated carbocycles. The summed E-state index contributed by atoms with van der Waals surface area (Å²) in [4.78, 5) is 37.4. The van der Waals surface area contributed by atoms with Gasteiger partial charge in [0.25, 0.3) is 0 Å². The van der Waals surface area contributed by atoms with E-state index in [4.69, 9.17) is 14.2 Å². The first-order chi connectivity index (χ1) is 18.4. The molecule has 0 amide bonds. The summed E-state index contributed by atoms with van der Waals surface area (Å²) >= 11 is 0. The topological polar surface area (TPSA) is 200 Å². The number of aliphatic hydroxyl groups excluding tert-OH is 1. The van der Waals surface area contributed by atoms with Crippen LogP contribution in [-0.2, 0) is 28.6 Å². The number of phenols is 4. The van der Waals surface area contributed by atoms with Gasteiger partial charge >= 0.3 is 17.9 Å². The van der Waals surface area contributed by atoms with Crippen molar-refractivity contribution in [3.63, 3.8) is 0 Å². The van der Waals surface area contributed by atoms with E-state index < -0.39 is 66.2 Å². The summed E-state index contributed by atoms with van der Waals surface area (Å²) in [7, 11) is 0. The van der Waals surface area contributed by atoms with Gasteiger partial charge in [-0.2, -0.15) is 0 Å². The van der Waals surface area contributed by atoms with Gasteiger partial charge in [0.15, 0.2) is 28.6 Å². The SMILES string of the molecule is CCOC(=O)C1(O)CC(OC(=O)/C=C/c2ccc(O)c(O)c2)C(O)C(OC(=O)/C=C/c2ccc(O)c(O)c2)C1. The van der Waals surface area contributed by atoms with Crippen LogP contribution < -0.4 is 0 Å². The molecule has 208 valence electrons. The Morgan fingerprint density at radius 2 is 1.26 bits per heavy atom. The van der Waals surface area contributed by atoms with Crippen LogP contribution in [0, 0.1) is 0 Å². The fourth-order valence-corrected chi connectivity index (χ4v) is 3.88. The number of hydrogen-bond acceptors (Lipinski definition) is 12. The number of phenolic OH excluding ortho intramolecular Hbond substituents is 4. The molecule has 0 saturated heterocycles. The smallest absolute Gasteiger partial charge is 0.338 e. The minimum atomic E-state index is -2.25. The Morgan fingerprint density at radius 1 is 0.821 bits per heavy atom. The van der Waals surface area contributed by atoms with Gasteiger partial charge in [-0.05, 0) is 54.5 Å². The van der Waals surface area contributed by atoms with Gasteiger partial charge in [-0.1, -0.05) is 12.1 Å². The molecule has 2 aromatic rings. The molecule has 12 nitrogen and oxygen atoms in total. The van der Waals surface area contributed by atoms with Crippen molar-refractivity contribution in [1.82, 2.24) is 0 Å². The molecule has 0 heterocycles. The molecular formula is C27H28O12. The van der Waals surface area contributed by atoms with E-state index in [1.807, 2.05) is 0 Å². The van der Waals surface area contributed by atoms with Gasteiger partial charge in [-0.25, -0.2) is 14.4 Å². The van der Waals surface area contributed by atoms with E-state index in [2.05, 4.69) is 0 Å². The highest BCUT2D eigenvalue weighted by atomic mass is 16.6. The molecule has 0 aromatic heterocycles. The van der Waals surface area contributed by atoms with Crippen LogP contribution in [0.25, 0.3) is 12.2 Å². The quantitative estimate of drug-likeness (QED) is 0.121. The Kier molecular flexibility index (Phi) is 9.17. The first kappa shape index (κ1) is 29.0. The van der Waals surface area contributed by atoms with E-state index in [9.17, 15) is 45.0 Å². The molecule has 3 rings (SSSR count). The molecule has 12 heteroatoms.